The van der Waals surface area contributed by atoms with Gasteiger partial charge in [0.05, 0.1) is 18.9 Å². The molecule has 0 radical (unpaired) electrons. The molecule has 1 aliphatic heterocycles. The normalized spacial score (nSPS) is 15.4. The standard InChI is InChI=1S/C16H14ClN3O2/c17-15-10-13(20-5-7-21-8-6-20)16-12(19-15)9-14(22-16)11-3-1-2-4-18-11/h1-4,9-10H,5-8H2. The van der Waals surface area contributed by atoms with E-state index in [0.717, 1.165) is 35.6 Å². The molecule has 1 saturated heterocycles. The van der Waals surface area contributed by atoms with Gasteiger partial charge >= 0.3 is 0 Å². The third-order valence-electron chi connectivity index (χ3n) is 3.70. The minimum atomic E-state index is 0.461. The highest BCUT2D eigenvalue weighted by molar-refractivity contribution is 6.30. The second-order valence-corrected chi connectivity index (χ2v) is 5.49. The smallest absolute Gasteiger partial charge is 0.176 e. The molecule has 5 nitrogen and oxygen atoms in total. The minimum absolute atomic E-state index is 0.461. The number of hydrogen-bond acceptors (Lipinski definition) is 5. The number of hydrogen-bond donors (Lipinski definition) is 0. The lowest BCUT2D eigenvalue weighted by Crippen LogP contribution is -2.36. The van der Waals surface area contributed by atoms with E-state index < -0.39 is 0 Å². The topological polar surface area (TPSA) is 51.4 Å². The summed E-state index contributed by atoms with van der Waals surface area (Å²) in [5, 5.41) is 0.461. The molecule has 0 atom stereocenters. The van der Waals surface area contributed by atoms with E-state index in [2.05, 4.69) is 14.9 Å². The molecular formula is C16H14ClN3O2. The lowest BCUT2D eigenvalue weighted by molar-refractivity contribution is 0.122. The SMILES string of the molecule is Clc1cc(N2CCOCC2)c2oc(-c3ccccn3)cc2n1. The van der Waals surface area contributed by atoms with Gasteiger partial charge in [-0.15, -0.1) is 0 Å². The van der Waals surface area contributed by atoms with Crippen LogP contribution in [-0.4, -0.2) is 36.3 Å². The number of furan rings is 1. The van der Waals surface area contributed by atoms with Crippen LogP contribution in [0.4, 0.5) is 5.69 Å². The van der Waals surface area contributed by atoms with Gasteiger partial charge in [-0.25, -0.2) is 4.98 Å². The molecule has 0 unspecified atom stereocenters. The maximum Gasteiger partial charge on any atom is 0.176 e. The lowest BCUT2D eigenvalue weighted by atomic mass is 10.2. The van der Waals surface area contributed by atoms with Crippen molar-refractivity contribution >= 4 is 28.4 Å². The van der Waals surface area contributed by atoms with E-state index in [1.54, 1.807) is 6.20 Å². The fourth-order valence-corrected chi connectivity index (χ4v) is 2.84. The van der Waals surface area contributed by atoms with E-state index in [4.69, 9.17) is 20.8 Å². The molecule has 0 N–H and O–H groups in total. The minimum Gasteiger partial charge on any atom is -0.451 e. The second-order valence-electron chi connectivity index (χ2n) is 5.10. The maximum absolute atomic E-state index is 6.17. The van der Waals surface area contributed by atoms with Crippen LogP contribution in [0.25, 0.3) is 22.6 Å². The highest BCUT2D eigenvalue weighted by Gasteiger charge is 2.19. The Hall–Kier alpha value is -2.11. The van der Waals surface area contributed by atoms with E-state index >= 15 is 0 Å². The number of anilines is 1. The van der Waals surface area contributed by atoms with Gasteiger partial charge in [-0.3, -0.25) is 4.98 Å². The van der Waals surface area contributed by atoms with E-state index in [-0.39, 0.29) is 0 Å². The summed E-state index contributed by atoms with van der Waals surface area (Å²) in [6, 6.07) is 9.45. The van der Waals surface area contributed by atoms with Crippen molar-refractivity contribution in [3.8, 4) is 11.5 Å². The van der Waals surface area contributed by atoms with Crippen LogP contribution >= 0.6 is 11.6 Å². The van der Waals surface area contributed by atoms with Gasteiger partial charge in [-0.1, -0.05) is 17.7 Å². The number of pyridine rings is 2. The Morgan fingerprint density at radius 2 is 2.00 bits per heavy atom. The fraction of sp³-hybridized carbons (Fsp3) is 0.250. The van der Waals surface area contributed by atoms with Crippen LogP contribution < -0.4 is 4.90 Å². The van der Waals surface area contributed by atoms with Gasteiger partial charge < -0.3 is 14.1 Å². The van der Waals surface area contributed by atoms with E-state index in [9.17, 15) is 0 Å². The van der Waals surface area contributed by atoms with E-state index in [1.165, 1.54) is 0 Å². The molecule has 112 valence electrons. The number of fused-ring (bicyclic) bond motifs is 1. The molecule has 6 heteroatoms. The van der Waals surface area contributed by atoms with Crippen LogP contribution in [0, 0.1) is 0 Å². The number of halogens is 1. The molecule has 3 aromatic rings. The summed E-state index contributed by atoms with van der Waals surface area (Å²) in [7, 11) is 0. The number of ether oxygens (including phenoxy) is 1. The molecule has 22 heavy (non-hydrogen) atoms. The summed E-state index contributed by atoms with van der Waals surface area (Å²) < 4.78 is 11.4. The van der Waals surface area contributed by atoms with Crippen molar-refractivity contribution in [1.29, 1.82) is 0 Å². The highest BCUT2D eigenvalue weighted by Crippen LogP contribution is 2.34. The average molecular weight is 316 g/mol. The second kappa shape index (κ2) is 5.59. The molecule has 1 fully saturated rings. The summed E-state index contributed by atoms with van der Waals surface area (Å²) in [4.78, 5) is 10.9. The summed E-state index contributed by atoms with van der Waals surface area (Å²) in [5.41, 5.74) is 3.23. The Balaban J connectivity index is 1.84. The van der Waals surface area contributed by atoms with Crippen LogP contribution in [0.5, 0.6) is 0 Å². The Morgan fingerprint density at radius 1 is 1.14 bits per heavy atom. The van der Waals surface area contributed by atoms with Crippen molar-refractivity contribution in [3.63, 3.8) is 0 Å². The van der Waals surface area contributed by atoms with Crippen molar-refractivity contribution in [2.24, 2.45) is 0 Å². The first-order chi connectivity index (χ1) is 10.8. The highest BCUT2D eigenvalue weighted by atomic mass is 35.5. The Bertz CT molecular complexity index is 798. The van der Waals surface area contributed by atoms with Crippen LogP contribution in [0.15, 0.2) is 40.9 Å². The molecule has 4 rings (SSSR count). The third-order valence-corrected chi connectivity index (χ3v) is 3.89. The Labute approximate surface area is 132 Å². The van der Waals surface area contributed by atoms with Gasteiger partial charge in [0.1, 0.15) is 16.4 Å². The predicted molar refractivity (Wildman–Crippen MR) is 85.3 cm³/mol. The van der Waals surface area contributed by atoms with Crippen molar-refractivity contribution in [3.05, 3.63) is 41.7 Å². The molecule has 0 spiro atoms. The lowest BCUT2D eigenvalue weighted by Gasteiger charge is -2.28. The molecule has 0 saturated carbocycles. The summed E-state index contributed by atoms with van der Waals surface area (Å²) in [6.45, 7) is 3.04. The van der Waals surface area contributed by atoms with Gasteiger partial charge in [0.15, 0.2) is 11.3 Å². The van der Waals surface area contributed by atoms with Crippen LogP contribution in [0.1, 0.15) is 0 Å². The van der Waals surface area contributed by atoms with Crippen molar-refractivity contribution in [2.75, 3.05) is 31.2 Å². The van der Waals surface area contributed by atoms with Crippen LogP contribution in [0.2, 0.25) is 5.15 Å². The van der Waals surface area contributed by atoms with Crippen LogP contribution in [0.3, 0.4) is 0 Å². The maximum atomic E-state index is 6.17. The summed E-state index contributed by atoms with van der Waals surface area (Å²) in [5.74, 6) is 0.694. The van der Waals surface area contributed by atoms with Gasteiger partial charge in [-0.05, 0) is 12.1 Å². The molecule has 0 aromatic carbocycles. The predicted octanol–water partition coefficient (Wildman–Crippen LogP) is 3.38. The summed E-state index contributed by atoms with van der Waals surface area (Å²) in [6.07, 6.45) is 1.74. The van der Waals surface area contributed by atoms with Gasteiger partial charge in [-0.2, -0.15) is 0 Å². The van der Waals surface area contributed by atoms with E-state index in [0.29, 0.717) is 24.1 Å². The van der Waals surface area contributed by atoms with Gasteiger partial charge in [0, 0.05) is 31.4 Å². The first-order valence-corrected chi connectivity index (χ1v) is 7.53. The largest absolute Gasteiger partial charge is 0.451 e. The third kappa shape index (κ3) is 2.42. The zero-order valence-corrected chi connectivity index (χ0v) is 12.6. The van der Waals surface area contributed by atoms with Crippen molar-refractivity contribution < 1.29 is 9.15 Å². The number of rotatable bonds is 2. The number of aromatic nitrogens is 2. The Kier molecular flexibility index (Phi) is 3.44. The average Bonchev–Trinajstić information content (AvgIpc) is 2.99. The summed E-state index contributed by atoms with van der Waals surface area (Å²) >= 11 is 6.17. The van der Waals surface area contributed by atoms with E-state index in [1.807, 2.05) is 30.3 Å². The molecule has 4 heterocycles. The first kappa shape index (κ1) is 13.5. The fourth-order valence-electron chi connectivity index (χ4n) is 2.65. The first-order valence-electron chi connectivity index (χ1n) is 7.15. The number of nitrogens with zero attached hydrogens (tertiary/aromatic N) is 3. The molecule has 3 aromatic heterocycles. The quantitative estimate of drug-likeness (QED) is 0.679. The zero-order valence-electron chi connectivity index (χ0n) is 11.8. The molecule has 0 bridgehead atoms. The van der Waals surface area contributed by atoms with Gasteiger partial charge in [0.2, 0.25) is 0 Å². The van der Waals surface area contributed by atoms with Crippen LogP contribution in [-0.2, 0) is 4.74 Å². The zero-order chi connectivity index (χ0) is 14.9. The van der Waals surface area contributed by atoms with Crippen molar-refractivity contribution in [2.45, 2.75) is 0 Å². The molecule has 1 aliphatic rings. The van der Waals surface area contributed by atoms with Gasteiger partial charge in [0.25, 0.3) is 0 Å². The Morgan fingerprint density at radius 3 is 2.77 bits per heavy atom. The van der Waals surface area contributed by atoms with Crippen molar-refractivity contribution in [1.82, 2.24) is 9.97 Å². The molecule has 0 amide bonds. The monoisotopic (exact) mass is 315 g/mol. The number of morpholine rings is 1. The molecular weight excluding hydrogens is 302 g/mol. The molecule has 0 aliphatic carbocycles.